The molecule has 0 amide bonds. The number of alkyl halides is 3. The Labute approximate surface area is 117 Å². The van der Waals surface area contributed by atoms with E-state index in [9.17, 15) is 13.2 Å². The fourth-order valence-corrected chi connectivity index (χ4v) is 3.24. The summed E-state index contributed by atoms with van der Waals surface area (Å²) in [5, 5.41) is -0.294. The van der Waals surface area contributed by atoms with Crippen LogP contribution in [0.15, 0.2) is 18.2 Å². The number of hydrogen-bond acceptors (Lipinski definition) is 2. The Kier molecular flexibility index (Phi) is 6.32. The van der Waals surface area contributed by atoms with Gasteiger partial charge in [-0.2, -0.15) is 13.2 Å². The SMILES string of the molecule is CCO[Si](Cc1ccc(Cl)c(C(F)(F)F)c1)OCC. The molecule has 1 aromatic carbocycles. The van der Waals surface area contributed by atoms with Gasteiger partial charge in [-0.3, -0.25) is 0 Å². The lowest BCUT2D eigenvalue weighted by Gasteiger charge is -2.15. The molecule has 1 radical (unpaired) electrons. The summed E-state index contributed by atoms with van der Waals surface area (Å²) in [5.74, 6) is 0. The van der Waals surface area contributed by atoms with Crippen LogP contribution in [0.1, 0.15) is 25.0 Å². The smallest absolute Gasteiger partial charge is 0.393 e. The Bertz CT molecular complexity index is 406. The van der Waals surface area contributed by atoms with Crippen LogP contribution < -0.4 is 0 Å². The molecule has 0 aliphatic rings. The van der Waals surface area contributed by atoms with Crippen LogP contribution in [0.2, 0.25) is 5.02 Å². The van der Waals surface area contributed by atoms with Crippen molar-refractivity contribution in [1.82, 2.24) is 0 Å². The number of halogens is 4. The lowest BCUT2D eigenvalue weighted by Crippen LogP contribution is -2.26. The van der Waals surface area contributed by atoms with Crippen molar-refractivity contribution in [2.75, 3.05) is 13.2 Å². The van der Waals surface area contributed by atoms with Crippen molar-refractivity contribution in [3.8, 4) is 0 Å². The Morgan fingerprint density at radius 2 is 1.74 bits per heavy atom. The van der Waals surface area contributed by atoms with Gasteiger partial charge in [-0.1, -0.05) is 17.7 Å². The first-order chi connectivity index (χ1) is 8.88. The lowest BCUT2D eigenvalue weighted by molar-refractivity contribution is -0.137. The summed E-state index contributed by atoms with van der Waals surface area (Å²) >= 11 is 5.57. The monoisotopic (exact) mass is 311 g/mol. The summed E-state index contributed by atoms with van der Waals surface area (Å²) in [6.45, 7) is 4.61. The summed E-state index contributed by atoms with van der Waals surface area (Å²) in [7, 11) is -1.58. The lowest BCUT2D eigenvalue weighted by atomic mass is 10.1. The standard InChI is InChI=1S/C12H15ClF3O2Si/c1-3-17-19(18-4-2)8-9-5-6-11(13)10(7-9)12(14,15)16/h5-7H,3-4,8H2,1-2H3. The summed E-state index contributed by atoms with van der Waals surface area (Å²) in [6, 6.07) is 4.25. The molecule has 0 aliphatic heterocycles. The molecule has 0 aromatic heterocycles. The molecule has 0 aliphatic carbocycles. The number of hydrogen-bond donors (Lipinski definition) is 0. The first-order valence-corrected chi connectivity index (χ1v) is 7.75. The largest absolute Gasteiger partial charge is 0.417 e. The van der Waals surface area contributed by atoms with Crippen molar-refractivity contribution in [3.63, 3.8) is 0 Å². The molecule has 107 valence electrons. The highest BCUT2D eigenvalue weighted by atomic mass is 35.5. The van der Waals surface area contributed by atoms with Gasteiger partial charge in [0.2, 0.25) is 0 Å². The molecule has 0 N–H and O–H groups in total. The van der Waals surface area contributed by atoms with E-state index in [0.29, 0.717) is 24.8 Å². The van der Waals surface area contributed by atoms with E-state index in [1.54, 1.807) is 6.07 Å². The summed E-state index contributed by atoms with van der Waals surface area (Å²) in [4.78, 5) is 0. The van der Waals surface area contributed by atoms with E-state index in [2.05, 4.69) is 0 Å². The number of benzene rings is 1. The maximum atomic E-state index is 12.7. The zero-order valence-electron chi connectivity index (χ0n) is 10.7. The van der Waals surface area contributed by atoms with Crippen molar-refractivity contribution in [1.29, 1.82) is 0 Å². The van der Waals surface area contributed by atoms with E-state index in [1.165, 1.54) is 6.07 Å². The fraction of sp³-hybridized carbons (Fsp3) is 0.500. The van der Waals surface area contributed by atoms with Gasteiger partial charge in [0.25, 0.3) is 0 Å². The van der Waals surface area contributed by atoms with Crippen molar-refractivity contribution in [3.05, 3.63) is 34.3 Å². The third kappa shape index (κ3) is 5.14. The predicted molar refractivity (Wildman–Crippen MR) is 69.2 cm³/mol. The highest BCUT2D eigenvalue weighted by Crippen LogP contribution is 2.35. The van der Waals surface area contributed by atoms with Gasteiger partial charge in [0.15, 0.2) is 0 Å². The Balaban J connectivity index is 2.89. The Hall–Kier alpha value is -0.563. The molecule has 2 nitrogen and oxygen atoms in total. The molecule has 0 heterocycles. The van der Waals surface area contributed by atoms with Crippen molar-refractivity contribution in [2.45, 2.75) is 26.1 Å². The summed E-state index contributed by atoms with van der Waals surface area (Å²) in [6.07, 6.45) is -4.45. The third-order valence-corrected chi connectivity index (χ3v) is 4.54. The molecule has 7 heteroatoms. The average molecular weight is 312 g/mol. The molecule has 1 rings (SSSR count). The molecular formula is C12H15ClF3O2Si. The van der Waals surface area contributed by atoms with Crippen molar-refractivity contribution in [2.24, 2.45) is 0 Å². The van der Waals surface area contributed by atoms with Crippen LogP contribution in [-0.4, -0.2) is 22.5 Å². The van der Waals surface area contributed by atoms with Gasteiger partial charge in [0, 0.05) is 19.3 Å². The minimum Gasteiger partial charge on any atom is -0.393 e. The maximum Gasteiger partial charge on any atom is 0.417 e. The van der Waals surface area contributed by atoms with E-state index in [-0.39, 0.29) is 5.02 Å². The van der Waals surface area contributed by atoms with Gasteiger partial charge in [0.05, 0.1) is 10.6 Å². The third-order valence-electron chi connectivity index (χ3n) is 2.30. The molecule has 0 atom stereocenters. The molecule has 0 bridgehead atoms. The van der Waals surface area contributed by atoms with Gasteiger partial charge in [-0.15, -0.1) is 0 Å². The zero-order chi connectivity index (χ0) is 14.5. The molecule has 0 fully saturated rings. The van der Waals surface area contributed by atoms with Gasteiger partial charge in [0.1, 0.15) is 0 Å². The van der Waals surface area contributed by atoms with E-state index >= 15 is 0 Å². The van der Waals surface area contributed by atoms with Gasteiger partial charge in [-0.05, 0) is 31.5 Å². The van der Waals surface area contributed by atoms with E-state index in [4.69, 9.17) is 20.5 Å². The van der Waals surface area contributed by atoms with E-state index in [1.807, 2.05) is 13.8 Å². The van der Waals surface area contributed by atoms with E-state index in [0.717, 1.165) is 6.07 Å². The molecule has 0 saturated heterocycles. The average Bonchev–Trinajstić information content (AvgIpc) is 2.31. The highest BCUT2D eigenvalue weighted by molar-refractivity contribution is 6.43. The fourth-order valence-electron chi connectivity index (χ4n) is 1.53. The van der Waals surface area contributed by atoms with Crippen LogP contribution in [0.25, 0.3) is 0 Å². The highest BCUT2D eigenvalue weighted by Gasteiger charge is 2.33. The normalized spacial score (nSPS) is 12.2. The second-order valence-corrected chi connectivity index (χ2v) is 5.81. The van der Waals surface area contributed by atoms with Gasteiger partial charge in [-0.25, -0.2) is 0 Å². The second-order valence-electron chi connectivity index (χ2n) is 3.73. The van der Waals surface area contributed by atoms with Crippen LogP contribution in [-0.2, 0) is 21.1 Å². The second kappa shape index (κ2) is 7.28. The summed E-state index contributed by atoms with van der Waals surface area (Å²) in [5.41, 5.74) is -0.298. The van der Waals surface area contributed by atoms with Crippen LogP contribution in [0.5, 0.6) is 0 Å². The van der Waals surface area contributed by atoms with Crippen LogP contribution in [0.3, 0.4) is 0 Å². The van der Waals surface area contributed by atoms with Crippen LogP contribution in [0, 0.1) is 0 Å². The maximum absolute atomic E-state index is 12.7. The molecule has 0 spiro atoms. The summed E-state index contributed by atoms with van der Waals surface area (Å²) < 4.78 is 49.0. The Morgan fingerprint density at radius 1 is 1.16 bits per heavy atom. The first kappa shape index (κ1) is 16.5. The minimum absolute atomic E-state index is 0.294. The van der Waals surface area contributed by atoms with E-state index < -0.39 is 21.0 Å². The minimum atomic E-state index is -4.45. The van der Waals surface area contributed by atoms with Crippen molar-refractivity contribution < 1.29 is 22.0 Å². The van der Waals surface area contributed by atoms with Crippen LogP contribution in [0.4, 0.5) is 13.2 Å². The van der Waals surface area contributed by atoms with Gasteiger partial charge >= 0.3 is 15.5 Å². The molecule has 0 unspecified atom stereocenters. The molecule has 0 saturated carbocycles. The molecule has 19 heavy (non-hydrogen) atoms. The number of rotatable bonds is 6. The first-order valence-electron chi connectivity index (χ1n) is 5.85. The van der Waals surface area contributed by atoms with Crippen molar-refractivity contribution >= 4 is 20.9 Å². The molecular weight excluding hydrogens is 297 g/mol. The predicted octanol–water partition coefficient (Wildman–Crippen LogP) is 4.00. The zero-order valence-corrected chi connectivity index (χ0v) is 12.4. The van der Waals surface area contributed by atoms with Crippen LogP contribution >= 0.6 is 11.6 Å². The van der Waals surface area contributed by atoms with Gasteiger partial charge < -0.3 is 8.85 Å². The quantitative estimate of drug-likeness (QED) is 0.739. The Morgan fingerprint density at radius 3 is 2.21 bits per heavy atom. The topological polar surface area (TPSA) is 18.5 Å². The molecule has 1 aromatic rings.